The number of hydrogen-bond acceptors (Lipinski definition) is 2. The van der Waals surface area contributed by atoms with Crippen molar-refractivity contribution in [1.82, 2.24) is 15.1 Å². The second kappa shape index (κ2) is 5.68. The zero-order valence-electron chi connectivity index (χ0n) is 10.7. The Hall–Kier alpha value is -2.44. The topological polar surface area (TPSA) is 67.2 Å². The summed E-state index contributed by atoms with van der Waals surface area (Å²) in [5.41, 5.74) is 0.952. The molecule has 106 valence electrons. The number of halogens is 2. The molecule has 0 unspecified atom stereocenters. The maximum absolute atomic E-state index is 13.1. The van der Waals surface area contributed by atoms with E-state index in [1.807, 2.05) is 0 Å². The number of benzene rings is 1. The molecule has 0 bridgehead atoms. The van der Waals surface area contributed by atoms with E-state index in [1.165, 1.54) is 10.7 Å². The van der Waals surface area contributed by atoms with Crippen LogP contribution in [0.1, 0.15) is 6.92 Å². The van der Waals surface area contributed by atoms with Gasteiger partial charge in [-0.1, -0.05) is 0 Å². The normalized spacial score (nSPS) is 12.2. The van der Waals surface area contributed by atoms with Crippen molar-refractivity contribution in [3.05, 3.63) is 42.1 Å². The Kier molecular flexibility index (Phi) is 3.97. The SMILES string of the molecule is C[C@@H](Cn1ccc(-c2ccc(F)c(F)c2)n1)NC(=O)O. The number of carboxylic acid groups (broad SMARTS) is 1. The van der Waals surface area contributed by atoms with Gasteiger partial charge in [0.2, 0.25) is 0 Å². The maximum atomic E-state index is 13.1. The van der Waals surface area contributed by atoms with Crippen LogP contribution in [-0.2, 0) is 6.54 Å². The average molecular weight is 281 g/mol. The highest BCUT2D eigenvalue weighted by atomic mass is 19.2. The minimum Gasteiger partial charge on any atom is -0.465 e. The molecule has 1 aromatic heterocycles. The Morgan fingerprint density at radius 1 is 1.40 bits per heavy atom. The molecule has 1 atom stereocenters. The van der Waals surface area contributed by atoms with E-state index in [9.17, 15) is 13.6 Å². The van der Waals surface area contributed by atoms with E-state index in [2.05, 4.69) is 10.4 Å². The monoisotopic (exact) mass is 281 g/mol. The Bertz CT molecular complexity index is 628. The average Bonchev–Trinajstić information content (AvgIpc) is 2.80. The summed E-state index contributed by atoms with van der Waals surface area (Å²) >= 11 is 0. The third kappa shape index (κ3) is 3.31. The zero-order valence-corrected chi connectivity index (χ0v) is 10.7. The molecule has 0 saturated heterocycles. The van der Waals surface area contributed by atoms with Crippen LogP contribution < -0.4 is 5.32 Å². The summed E-state index contributed by atoms with van der Waals surface area (Å²) in [5.74, 6) is -1.84. The summed E-state index contributed by atoms with van der Waals surface area (Å²) in [5, 5.41) is 15.1. The van der Waals surface area contributed by atoms with E-state index < -0.39 is 17.7 Å². The van der Waals surface area contributed by atoms with Crippen LogP contribution in [0.15, 0.2) is 30.5 Å². The van der Waals surface area contributed by atoms with Gasteiger partial charge in [-0.2, -0.15) is 5.10 Å². The molecule has 20 heavy (non-hydrogen) atoms. The van der Waals surface area contributed by atoms with E-state index in [4.69, 9.17) is 5.11 Å². The molecule has 0 aliphatic heterocycles. The third-order valence-electron chi connectivity index (χ3n) is 2.69. The van der Waals surface area contributed by atoms with E-state index in [0.29, 0.717) is 17.8 Å². The van der Waals surface area contributed by atoms with Gasteiger partial charge < -0.3 is 10.4 Å². The third-order valence-corrected chi connectivity index (χ3v) is 2.69. The van der Waals surface area contributed by atoms with Crippen LogP contribution in [0, 0.1) is 11.6 Å². The van der Waals surface area contributed by atoms with Gasteiger partial charge in [-0.05, 0) is 31.2 Å². The fourth-order valence-corrected chi connectivity index (χ4v) is 1.81. The number of aromatic nitrogens is 2. The Morgan fingerprint density at radius 3 is 2.80 bits per heavy atom. The van der Waals surface area contributed by atoms with Gasteiger partial charge in [-0.15, -0.1) is 0 Å². The van der Waals surface area contributed by atoms with Crippen molar-refractivity contribution in [2.75, 3.05) is 0 Å². The first-order chi connectivity index (χ1) is 9.45. The van der Waals surface area contributed by atoms with Crippen LogP contribution in [0.2, 0.25) is 0 Å². The highest BCUT2D eigenvalue weighted by Gasteiger charge is 2.10. The zero-order chi connectivity index (χ0) is 14.7. The van der Waals surface area contributed by atoms with E-state index in [0.717, 1.165) is 12.1 Å². The van der Waals surface area contributed by atoms with Gasteiger partial charge in [-0.25, -0.2) is 13.6 Å². The summed E-state index contributed by atoms with van der Waals surface area (Å²) in [6.45, 7) is 2.04. The molecule has 1 aromatic carbocycles. The van der Waals surface area contributed by atoms with E-state index in [-0.39, 0.29) is 6.04 Å². The number of hydrogen-bond donors (Lipinski definition) is 2. The molecule has 2 aromatic rings. The highest BCUT2D eigenvalue weighted by Crippen LogP contribution is 2.19. The highest BCUT2D eigenvalue weighted by molar-refractivity contribution is 5.64. The van der Waals surface area contributed by atoms with Crippen LogP contribution in [-0.4, -0.2) is 27.0 Å². The van der Waals surface area contributed by atoms with Crippen LogP contribution in [0.3, 0.4) is 0 Å². The van der Waals surface area contributed by atoms with Gasteiger partial charge in [0, 0.05) is 17.8 Å². The molecule has 1 amide bonds. The molecule has 0 saturated carbocycles. The standard InChI is InChI=1S/C13H13F2N3O2/c1-8(16-13(19)20)7-18-5-4-12(17-18)9-2-3-10(14)11(15)6-9/h2-6,8,16H,7H2,1H3,(H,19,20)/t8-/m0/s1. The first-order valence-corrected chi connectivity index (χ1v) is 5.94. The minimum absolute atomic E-state index is 0.315. The van der Waals surface area contributed by atoms with E-state index in [1.54, 1.807) is 19.2 Å². The second-order valence-corrected chi connectivity index (χ2v) is 4.40. The van der Waals surface area contributed by atoms with Gasteiger partial charge in [-0.3, -0.25) is 4.68 Å². The van der Waals surface area contributed by atoms with Crippen LogP contribution in [0.4, 0.5) is 13.6 Å². The summed E-state index contributed by atoms with van der Waals surface area (Å²) in [7, 11) is 0. The largest absolute Gasteiger partial charge is 0.465 e. The van der Waals surface area contributed by atoms with Crippen LogP contribution in [0.5, 0.6) is 0 Å². The molecule has 2 N–H and O–H groups in total. The Morgan fingerprint density at radius 2 is 2.15 bits per heavy atom. The smallest absolute Gasteiger partial charge is 0.404 e. The van der Waals surface area contributed by atoms with E-state index >= 15 is 0 Å². The van der Waals surface area contributed by atoms with Crippen molar-refractivity contribution in [3.63, 3.8) is 0 Å². The molecule has 2 rings (SSSR count). The van der Waals surface area contributed by atoms with Gasteiger partial charge in [0.15, 0.2) is 11.6 Å². The molecule has 7 heteroatoms. The van der Waals surface area contributed by atoms with Crippen molar-refractivity contribution in [3.8, 4) is 11.3 Å². The molecule has 0 fully saturated rings. The Labute approximate surface area is 113 Å². The number of nitrogens with one attached hydrogen (secondary N) is 1. The lowest BCUT2D eigenvalue weighted by Gasteiger charge is -2.10. The summed E-state index contributed by atoms with van der Waals surface area (Å²) < 4.78 is 27.5. The molecule has 0 aliphatic rings. The Balaban J connectivity index is 2.12. The van der Waals surface area contributed by atoms with Crippen molar-refractivity contribution in [2.45, 2.75) is 19.5 Å². The van der Waals surface area contributed by atoms with Gasteiger partial charge in [0.1, 0.15) is 0 Å². The fraction of sp³-hybridized carbons (Fsp3) is 0.231. The molecule has 0 aliphatic carbocycles. The lowest BCUT2D eigenvalue weighted by atomic mass is 10.1. The predicted octanol–water partition coefficient (Wildman–Crippen LogP) is 2.48. The summed E-state index contributed by atoms with van der Waals surface area (Å²) in [4.78, 5) is 10.5. The summed E-state index contributed by atoms with van der Waals surface area (Å²) in [6, 6.07) is 4.88. The second-order valence-electron chi connectivity index (χ2n) is 4.40. The molecule has 5 nitrogen and oxygen atoms in total. The maximum Gasteiger partial charge on any atom is 0.404 e. The first-order valence-electron chi connectivity index (χ1n) is 5.94. The van der Waals surface area contributed by atoms with Crippen molar-refractivity contribution in [2.24, 2.45) is 0 Å². The number of amides is 1. The van der Waals surface area contributed by atoms with Gasteiger partial charge in [0.05, 0.1) is 12.2 Å². The molecular formula is C13H13F2N3O2. The van der Waals surface area contributed by atoms with Crippen molar-refractivity contribution < 1.29 is 18.7 Å². The fourth-order valence-electron chi connectivity index (χ4n) is 1.81. The first kappa shape index (κ1) is 14.0. The number of nitrogens with zero attached hydrogens (tertiary/aromatic N) is 2. The molecular weight excluding hydrogens is 268 g/mol. The molecule has 0 spiro atoms. The van der Waals surface area contributed by atoms with Crippen LogP contribution in [0.25, 0.3) is 11.3 Å². The van der Waals surface area contributed by atoms with Gasteiger partial charge in [0.25, 0.3) is 0 Å². The summed E-state index contributed by atoms with van der Waals surface area (Å²) in [6.07, 6.45) is 0.543. The lowest BCUT2D eigenvalue weighted by Crippen LogP contribution is -2.34. The van der Waals surface area contributed by atoms with Gasteiger partial charge >= 0.3 is 6.09 Å². The number of rotatable bonds is 4. The van der Waals surface area contributed by atoms with Crippen LogP contribution >= 0.6 is 0 Å². The minimum atomic E-state index is -1.11. The van der Waals surface area contributed by atoms with Crippen molar-refractivity contribution in [1.29, 1.82) is 0 Å². The molecule has 1 heterocycles. The lowest BCUT2D eigenvalue weighted by molar-refractivity contribution is 0.189. The predicted molar refractivity (Wildman–Crippen MR) is 68.2 cm³/mol. The quantitative estimate of drug-likeness (QED) is 0.904. The molecule has 0 radical (unpaired) electrons. The van der Waals surface area contributed by atoms with Crippen molar-refractivity contribution >= 4 is 6.09 Å². The number of carbonyl (C=O) groups is 1.